The number of aromatic nitrogens is 3. The number of aryl methyl sites for hydroxylation is 1. The third-order valence-corrected chi connectivity index (χ3v) is 4.77. The summed E-state index contributed by atoms with van der Waals surface area (Å²) in [6.07, 6.45) is 3.15. The summed E-state index contributed by atoms with van der Waals surface area (Å²) in [5.74, 6) is 0.122. The van der Waals surface area contributed by atoms with Gasteiger partial charge in [-0.25, -0.2) is 13.1 Å². The van der Waals surface area contributed by atoms with Gasteiger partial charge >= 0.3 is 0 Å². The second-order valence-electron chi connectivity index (χ2n) is 5.37. The second-order valence-corrected chi connectivity index (χ2v) is 7.08. The Balaban J connectivity index is 2.17. The lowest BCUT2D eigenvalue weighted by Gasteiger charge is -2.21. The molecule has 1 heterocycles. The number of sulfonamides is 1. The molecule has 1 atom stereocenters. The molecule has 0 aliphatic carbocycles. The lowest BCUT2D eigenvalue weighted by molar-refractivity contribution is 0.361. The largest absolute Gasteiger partial charge is 0.240 e. The summed E-state index contributed by atoms with van der Waals surface area (Å²) in [6, 6.07) is 6.52. The zero-order valence-electron chi connectivity index (χ0n) is 12.4. The van der Waals surface area contributed by atoms with Gasteiger partial charge in [-0.15, -0.1) is 0 Å². The number of nitrogens with one attached hydrogen (secondary N) is 1. The molecule has 0 fully saturated rings. The van der Waals surface area contributed by atoms with Crippen LogP contribution in [-0.2, 0) is 16.6 Å². The molecule has 2 rings (SSSR count). The lowest BCUT2D eigenvalue weighted by atomic mass is 10.1. The Morgan fingerprint density at radius 1 is 1.14 bits per heavy atom. The molecule has 114 valence electrons. The minimum Gasteiger partial charge on any atom is -0.207 e. The van der Waals surface area contributed by atoms with Crippen LogP contribution in [-0.4, -0.2) is 29.5 Å². The molecule has 21 heavy (non-hydrogen) atoms. The SMILES string of the molecule is Cc1ccc(S(=O)(=O)NC(Cn2nccn2)C(C)C)cc1. The molecule has 0 spiro atoms. The van der Waals surface area contributed by atoms with Gasteiger partial charge in [-0.1, -0.05) is 31.5 Å². The Labute approximate surface area is 125 Å². The van der Waals surface area contributed by atoms with E-state index in [-0.39, 0.29) is 16.9 Å². The van der Waals surface area contributed by atoms with Crippen molar-refractivity contribution in [2.75, 3.05) is 0 Å². The van der Waals surface area contributed by atoms with Crippen molar-refractivity contribution in [3.05, 3.63) is 42.2 Å². The molecular formula is C14H20N4O2S. The van der Waals surface area contributed by atoms with Crippen molar-refractivity contribution in [1.82, 2.24) is 19.7 Å². The van der Waals surface area contributed by atoms with Crippen molar-refractivity contribution in [2.45, 2.75) is 38.3 Å². The molecule has 7 heteroatoms. The lowest BCUT2D eigenvalue weighted by Crippen LogP contribution is -2.41. The van der Waals surface area contributed by atoms with E-state index >= 15 is 0 Å². The molecule has 0 saturated heterocycles. The molecule has 0 aliphatic heterocycles. The summed E-state index contributed by atoms with van der Waals surface area (Å²) in [7, 11) is -3.54. The zero-order chi connectivity index (χ0) is 15.5. The van der Waals surface area contributed by atoms with Crippen molar-refractivity contribution in [3.8, 4) is 0 Å². The van der Waals surface area contributed by atoms with E-state index in [1.807, 2.05) is 20.8 Å². The topological polar surface area (TPSA) is 76.9 Å². The van der Waals surface area contributed by atoms with Crippen LogP contribution in [0.1, 0.15) is 19.4 Å². The summed E-state index contributed by atoms with van der Waals surface area (Å²) in [5, 5.41) is 8.05. The van der Waals surface area contributed by atoms with Crippen molar-refractivity contribution < 1.29 is 8.42 Å². The van der Waals surface area contributed by atoms with Crippen molar-refractivity contribution in [2.24, 2.45) is 5.92 Å². The Morgan fingerprint density at radius 2 is 1.71 bits per heavy atom. The van der Waals surface area contributed by atoms with Crippen LogP contribution in [0, 0.1) is 12.8 Å². The van der Waals surface area contributed by atoms with Crippen molar-refractivity contribution in [3.63, 3.8) is 0 Å². The molecule has 0 aliphatic rings. The normalized spacial score (nSPS) is 13.5. The van der Waals surface area contributed by atoms with E-state index in [1.54, 1.807) is 36.7 Å². The maximum Gasteiger partial charge on any atom is 0.240 e. The first-order valence-electron chi connectivity index (χ1n) is 6.81. The first-order valence-corrected chi connectivity index (χ1v) is 8.30. The van der Waals surface area contributed by atoms with E-state index in [9.17, 15) is 8.42 Å². The van der Waals surface area contributed by atoms with Gasteiger partial charge in [0.05, 0.1) is 23.8 Å². The van der Waals surface area contributed by atoms with E-state index in [0.717, 1.165) is 5.56 Å². The minimum absolute atomic E-state index is 0.122. The Hall–Kier alpha value is -1.73. The Bertz CT molecular complexity index is 664. The van der Waals surface area contributed by atoms with Crippen LogP contribution < -0.4 is 4.72 Å². The number of nitrogens with zero attached hydrogens (tertiary/aromatic N) is 3. The van der Waals surface area contributed by atoms with Gasteiger partial charge in [0.2, 0.25) is 10.0 Å². The molecule has 1 aromatic carbocycles. The molecule has 0 amide bonds. The van der Waals surface area contributed by atoms with Gasteiger partial charge < -0.3 is 0 Å². The van der Waals surface area contributed by atoms with E-state index in [1.165, 1.54) is 4.80 Å². The molecule has 2 aromatic rings. The molecule has 1 unspecified atom stereocenters. The van der Waals surface area contributed by atoms with Crippen molar-refractivity contribution in [1.29, 1.82) is 0 Å². The van der Waals surface area contributed by atoms with Gasteiger partial charge in [-0.2, -0.15) is 15.0 Å². The average Bonchev–Trinajstić information content (AvgIpc) is 2.91. The first-order chi connectivity index (χ1) is 9.88. The molecule has 0 bridgehead atoms. The summed E-state index contributed by atoms with van der Waals surface area (Å²) >= 11 is 0. The van der Waals surface area contributed by atoms with Crippen LogP contribution in [0.15, 0.2) is 41.6 Å². The van der Waals surface area contributed by atoms with E-state index in [4.69, 9.17) is 0 Å². The highest BCUT2D eigenvalue weighted by atomic mass is 32.2. The number of hydrogen-bond acceptors (Lipinski definition) is 4. The van der Waals surface area contributed by atoms with Crippen LogP contribution in [0.5, 0.6) is 0 Å². The van der Waals surface area contributed by atoms with Gasteiger partial charge in [0.1, 0.15) is 0 Å². The van der Waals surface area contributed by atoms with Crippen molar-refractivity contribution >= 4 is 10.0 Å². The minimum atomic E-state index is -3.54. The van der Waals surface area contributed by atoms with Gasteiger partial charge in [-0.05, 0) is 25.0 Å². The van der Waals surface area contributed by atoms with Crippen LogP contribution in [0.25, 0.3) is 0 Å². The van der Waals surface area contributed by atoms with E-state index in [2.05, 4.69) is 14.9 Å². The molecule has 6 nitrogen and oxygen atoms in total. The highest BCUT2D eigenvalue weighted by Gasteiger charge is 2.23. The molecule has 1 aromatic heterocycles. The van der Waals surface area contributed by atoms with Gasteiger partial charge in [0, 0.05) is 6.04 Å². The fourth-order valence-corrected chi connectivity index (χ4v) is 3.26. The summed E-state index contributed by atoms with van der Waals surface area (Å²) in [5.41, 5.74) is 1.02. The summed E-state index contributed by atoms with van der Waals surface area (Å²) < 4.78 is 27.6. The number of rotatable bonds is 6. The first kappa shape index (κ1) is 15.7. The van der Waals surface area contributed by atoms with Gasteiger partial charge in [0.15, 0.2) is 0 Å². The Morgan fingerprint density at radius 3 is 2.24 bits per heavy atom. The smallest absolute Gasteiger partial charge is 0.207 e. The summed E-state index contributed by atoms with van der Waals surface area (Å²) in [4.78, 5) is 1.76. The van der Waals surface area contributed by atoms with Crippen LogP contribution >= 0.6 is 0 Å². The monoisotopic (exact) mass is 308 g/mol. The van der Waals surface area contributed by atoms with Gasteiger partial charge in [-0.3, -0.25) is 0 Å². The maximum atomic E-state index is 12.4. The van der Waals surface area contributed by atoms with Crippen LogP contribution in [0.2, 0.25) is 0 Å². The predicted molar refractivity (Wildman–Crippen MR) is 80.1 cm³/mol. The average molecular weight is 308 g/mol. The van der Waals surface area contributed by atoms with E-state index in [0.29, 0.717) is 6.54 Å². The third kappa shape index (κ3) is 4.12. The highest BCUT2D eigenvalue weighted by molar-refractivity contribution is 7.89. The van der Waals surface area contributed by atoms with Gasteiger partial charge in [0.25, 0.3) is 0 Å². The second kappa shape index (κ2) is 6.36. The molecular weight excluding hydrogens is 288 g/mol. The zero-order valence-corrected chi connectivity index (χ0v) is 13.2. The number of benzene rings is 1. The highest BCUT2D eigenvalue weighted by Crippen LogP contribution is 2.13. The van der Waals surface area contributed by atoms with Crippen LogP contribution in [0.4, 0.5) is 0 Å². The fourth-order valence-electron chi connectivity index (χ4n) is 1.88. The van der Waals surface area contributed by atoms with E-state index < -0.39 is 10.0 Å². The molecule has 0 saturated carbocycles. The fraction of sp³-hybridized carbons (Fsp3) is 0.429. The third-order valence-electron chi connectivity index (χ3n) is 3.27. The predicted octanol–water partition coefficient (Wildman–Crippen LogP) is 1.59. The Kier molecular flexibility index (Phi) is 4.74. The number of hydrogen-bond donors (Lipinski definition) is 1. The van der Waals surface area contributed by atoms with Crippen LogP contribution in [0.3, 0.4) is 0 Å². The molecule has 1 N–H and O–H groups in total. The standard InChI is InChI=1S/C14H20N4O2S/c1-11(2)14(10-18-15-8-9-16-18)17-21(19,20)13-6-4-12(3)5-7-13/h4-9,11,14,17H,10H2,1-3H3. The molecule has 0 radical (unpaired) electrons. The maximum absolute atomic E-state index is 12.4. The summed E-state index contributed by atoms with van der Waals surface area (Å²) in [6.45, 7) is 6.25. The quantitative estimate of drug-likeness (QED) is 0.879.